The molecule has 4 aromatic rings. The molecule has 1 saturated heterocycles. The minimum atomic E-state index is -0.926. The number of fused-ring (bicyclic) bond motifs is 1. The zero-order chi connectivity index (χ0) is 21.5. The number of piperidine rings is 1. The summed E-state index contributed by atoms with van der Waals surface area (Å²) in [6, 6.07) is 8.53. The van der Waals surface area contributed by atoms with Crippen molar-refractivity contribution in [2.45, 2.75) is 18.8 Å². The molecule has 0 saturated carbocycles. The van der Waals surface area contributed by atoms with E-state index in [9.17, 15) is 9.59 Å². The molecule has 11 heteroatoms. The van der Waals surface area contributed by atoms with Crippen LogP contribution in [0.3, 0.4) is 0 Å². The lowest BCUT2D eigenvalue weighted by Crippen LogP contribution is -2.37. The number of benzene rings is 1. The van der Waals surface area contributed by atoms with Gasteiger partial charge in [0.1, 0.15) is 5.65 Å². The average Bonchev–Trinajstić information content (AvgIpc) is 3.41. The summed E-state index contributed by atoms with van der Waals surface area (Å²) in [7, 11) is 0. The summed E-state index contributed by atoms with van der Waals surface area (Å²) in [5.74, 6) is 0.641. The summed E-state index contributed by atoms with van der Waals surface area (Å²) in [6.45, 7) is 0.829. The minimum Gasteiger partial charge on any atom is -0.465 e. The number of carboxylic acid groups (broad SMARTS) is 1. The molecule has 1 aromatic carbocycles. The van der Waals surface area contributed by atoms with Crippen LogP contribution < -0.4 is 5.56 Å². The number of likely N-dealkylation sites (tertiary alicyclic amines) is 1. The summed E-state index contributed by atoms with van der Waals surface area (Å²) in [5.41, 5.74) is 2.18. The molecule has 4 heterocycles. The molecule has 1 aliphatic heterocycles. The maximum Gasteiger partial charge on any atom is 0.407 e. The third-order valence-electron chi connectivity index (χ3n) is 5.48. The Bertz CT molecular complexity index is 1320. The van der Waals surface area contributed by atoms with Crippen LogP contribution in [0.2, 0.25) is 5.02 Å². The Balaban J connectivity index is 1.50. The van der Waals surface area contributed by atoms with Crippen molar-refractivity contribution in [3.63, 3.8) is 0 Å². The van der Waals surface area contributed by atoms with Crippen molar-refractivity contribution in [1.82, 2.24) is 29.6 Å². The number of nitrogens with zero attached hydrogens (tertiary/aromatic N) is 5. The molecular formula is C20H17ClN6O4. The van der Waals surface area contributed by atoms with Crippen molar-refractivity contribution in [2.75, 3.05) is 13.1 Å². The van der Waals surface area contributed by atoms with Crippen LogP contribution in [0, 0.1) is 0 Å². The van der Waals surface area contributed by atoms with E-state index in [1.807, 2.05) is 0 Å². The van der Waals surface area contributed by atoms with Crippen LogP contribution in [-0.2, 0) is 0 Å². The Morgan fingerprint density at radius 1 is 1.23 bits per heavy atom. The fourth-order valence-electron chi connectivity index (χ4n) is 3.88. The zero-order valence-corrected chi connectivity index (χ0v) is 16.9. The molecule has 0 spiro atoms. The van der Waals surface area contributed by atoms with Gasteiger partial charge in [-0.1, -0.05) is 16.8 Å². The van der Waals surface area contributed by atoms with Crippen molar-refractivity contribution in [3.8, 4) is 22.8 Å². The number of hydrogen-bond donors (Lipinski definition) is 2. The Morgan fingerprint density at radius 3 is 2.68 bits per heavy atom. The van der Waals surface area contributed by atoms with E-state index in [2.05, 4.69) is 20.2 Å². The molecule has 1 amide bonds. The predicted molar refractivity (Wildman–Crippen MR) is 111 cm³/mol. The van der Waals surface area contributed by atoms with Crippen LogP contribution in [-0.4, -0.2) is 53.9 Å². The van der Waals surface area contributed by atoms with Gasteiger partial charge >= 0.3 is 6.09 Å². The Hall–Kier alpha value is -3.66. The van der Waals surface area contributed by atoms with E-state index in [1.165, 1.54) is 11.0 Å². The lowest BCUT2D eigenvalue weighted by Gasteiger charge is -2.30. The van der Waals surface area contributed by atoms with Crippen LogP contribution in [0.4, 0.5) is 4.79 Å². The quantitative estimate of drug-likeness (QED) is 0.500. The summed E-state index contributed by atoms with van der Waals surface area (Å²) in [6.07, 6.45) is 1.88. The molecule has 31 heavy (non-hydrogen) atoms. The first kappa shape index (κ1) is 19.3. The van der Waals surface area contributed by atoms with E-state index in [-0.39, 0.29) is 11.5 Å². The molecule has 2 N–H and O–H groups in total. The van der Waals surface area contributed by atoms with Crippen LogP contribution in [0.15, 0.2) is 45.8 Å². The standard InChI is InChI=1S/C20H17ClN6O4/c21-13-3-1-12(2-4-13)19-24-17(25-31-19)14-10-22-27-15(9-16(28)23-18(14)27)11-5-7-26(8-6-11)20(29)30/h1-4,9-11H,5-8H2,(H,23,28)(H,29,30). The first-order valence-corrected chi connectivity index (χ1v) is 10.1. The monoisotopic (exact) mass is 440 g/mol. The fourth-order valence-corrected chi connectivity index (χ4v) is 4.00. The number of carbonyl (C=O) groups is 1. The zero-order valence-electron chi connectivity index (χ0n) is 16.2. The highest BCUT2D eigenvalue weighted by atomic mass is 35.5. The molecule has 0 aliphatic carbocycles. The summed E-state index contributed by atoms with van der Waals surface area (Å²) in [4.78, 5) is 32.2. The average molecular weight is 441 g/mol. The van der Waals surface area contributed by atoms with Gasteiger partial charge in [-0.2, -0.15) is 10.1 Å². The Labute approximate surface area is 180 Å². The topological polar surface area (TPSA) is 130 Å². The number of hydrogen-bond acceptors (Lipinski definition) is 6. The lowest BCUT2D eigenvalue weighted by atomic mass is 9.93. The predicted octanol–water partition coefficient (Wildman–Crippen LogP) is 3.25. The second-order valence-corrected chi connectivity index (χ2v) is 7.79. The van der Waals surface area contributed by atoms with Crippen molar-refractivity contribution in [2.24, 2.45) is 0 Å². The lowest BCUT2D eigenvalue weighted by molar-refractivity contribution is 0.131. The van der Waals surface area contributed by atoms with Crippen LogP contribution in [0.5, 0.6) is 0 Å². The summed E-state index contributed by atoms with van der Waals surface area (Å²) in [5, 5.41) is 18.2. The Kier molecular flexibility index (Phi) is 4.70. The van der Waals surface area contributed by atoms with Gasteiger partial charge in [0.05, 0.1) is 17.5 Å². The van der Waals surface area contributed by atoms with Crippen LogP contribution in [0.1, 0.15) is 24.5 Å². The third-order valence-corrected chi connectivity index (χ3v) is 5.73. The summed E-state index contributed by atoms with van der Waals surface area (Å²) >= 11 is 5.92. The van der Waals surface area contributed by atoms with E-state index in [0.29, 0.717) is 53.9 Å². The van der Waals surface area contributed by atoms with Gasteiger partial charge in [0.15, 0.2) is 0 Å². The number of nitrogens with one attached hydrogen (secondary N) is 1. The van der Waals surface area contributed by atoms with Gasteiger partial charge in [0.25, 0.3) is 11.4 Å². The van der Waals surface area contributed by atoms with Crippen molar-refractivity contribution in [3.05, 3.63) is 57.6 Å². The van der Waals surface area contributed by atoms with Gasteiger partial charge in [0, 0.05) is 35.7 Å². The first-order chi connectivity index (χ1) is 15.0. The highest BCUT2D eigenvalue weighted by molar-refractivity contribution is 6.30. The van der Waals surface area contributed by atoms with Crippen LogP contribution >= 0.6 is 11.6 Å². The van der Waals surface area contributed by atoms with Crippen molar-refractivity contribution in [1.29, 1.82) is 0 Å². The number of aromatic amines is 1. The largest absolute Gasteiger partial charge is 0.465 e. The van der Waals surface area contributed by atoms with E-state index >= 15 is 0 Å². The smallest absolute Gasteiger partial charge is 0.407 e. The number of rotatable bonds is 3. The van der Waals surface area contributed by atoms with Gasteiger partial charge in [0.2, 0.25) is 5.82 Å². The molecule has 3 aromatic heterocycles. The molecule has 0 unspecified atom stereocenters. The maximum absolute atomic E-state index is 12.4. The number of halogens is 1. The van der Waals surface area contributed by atoms with Crippen molar-refractivity contribution >= 4 is 23.3 Å². The molecule has 0 atom stereocenters. The van der Waals surface area contributed by atoms with E-state index in [0.717, 1.165) is 11.3 Å². The number of aromatic nitrogens is 5. The van der Waals surface area contributed by atoms with Gasteiger partial charge in [-0.05, 0) is 37.1 Å². The highest BCUT2D eigenvalue weighted by Gasteiger charge is 2.27. The first-order valence-electron chi connectivity index (χ1n) is 9.68. The SMILES string of the molecule is O=C(O)N1CCC(c2cc(=O)[nH]c3c(-c4noc(-c5ccc(Cl)cc5)n4)cnn23)CC1. The fraction of sp³-hybridized carbons (Fsp3) is 0.250. The molecule has 1 fully saturated rings. The van der Waals surface area contributed by atoms with Crippen LogP contribution in [0.25, 0.3) is 28.5 Å². The molecule has 0 bridgehead atoms. The van der Waals surface area contributed by atoms with E-state index < -0.39 is 6.09 Å². The second-order valence-electron chi connectivity index (χ2n) is 7.35. The van der Waals surface area contributed by atoms with Gasteiger partial charge in [-0.3, -0.25) is 4.79 Å². The highest BCUT2D eigenvalue weighted by Crippen LogP contribution is 2.30. The maximum atomic E-state index is 12.4. The van der Waals surface area contributed by atoms with E-state index in [4.69, 9.17) is 21.2 Å². The van der Waals surface area contributed by atoms with Gasteiger partial charge < -0.3 is 19.5 Å². The Morgan fingerprint density at radius 2 is 1.97 bits per heavy atom. The normalized spacial score (nSPS) is 14.9. The van der Waals surface area contributed by atoms with Gasteiger partial charge in [-0.25, -0.2) is 9.31 Å². The molecule has 0 radical (unpaired) electrons. The number of amides is 1. The number of H-pyrrole nitrogens is 1. The summed E-state index contributed by atoms with van der Waals surface area (Å²) < 4.78 is 7.04. The van der Waals surface area contributed by atoms with Gasteiger partial charge in [-0.15, -0.1) is 0 Å². The molecule has 1 aliphatic rings. The second kappa shape index (κ2) is 7.55. The molecule has 5 rings (SSSR count). The van der Waals surface area contributed by atoms with E-state index in [1.54, 1.807) is 35.0 Å². The molecular weight excluding hydrogens is 424 g/mol. The molecule has 158 valence electrons. The van der Waals surface area contributed by atoms with Crippen molar-refractivity contribution < 1.29 is 14.4 Å². The molecule has 10 nitrogen and oxygen atoms in total. The minimum absolute atomic E-state index is 0.0167. The third kappa shape index (κ3) is 3.55.